The van der Waals surface area contributed by atoms with E-state index in [0.29, 0.717) is 0 Å². The van der Waals surface area contributed by atoms with Gasteiger partial charge in [0.15, 0.2) is 17.5 Å². The first-order chi connectivity index (χ1) is 9.96. The van der Waals surface area contributed by atoms with Crippen molar-refractivity contribution in [2.75, 3.05) is 0 Å². The molecular weight excluding hydrogens is 336 g/mol. The van der Waals surface area contributed by atoms with Gasteiger partial charge >= 0.3 is 0 Å². The number of aliphatic hydroxyl groups excluding tert-OH is 1. The predicted molar refractivity (Wildman–Crippen MR) is 79.1 cm³/mol. The molecule has 0 saturated carbocycles. The van der Waals surface area contributed by atoms with Crippen LogP contribution in [0.3, 0.4) is 0 Å². The summed E-state index contributed by atoms with van der Waals surface area (Å²) in [5.41, 5.74) is -1.81. The minimum atomic E-state index is -2.26. The second kappa shape index (κ2) is 4.87. The minimum Gasteiger partial charge on any atom is -0.381 e. The lowest BCUT2D eigenvalue weighted by Gasteiger charge is -2.35. The van der Waals surface area contributed by atoms with Gasteiger partial charge in [0.05, 0.1) is 0 Å². The number of rotatable bonds is 1. The Morgan fingerprint density at radius 1 is 0.952 bits per heavy atom. The molecule has 0 radical (unpaired) electrons. The Balaban J connectivity index is 2.22. The van der Waals surface area contributed by atoms with Crippen LogP contribution in [0.15, 0.2) is 53.0 Å². The molecule has 0 bridgehead atoms. The molecule has 0 saturated heterocycles. The maximum absolute atomic E-state index is 12.6. The largest absolute Gasteiger partial charge is 0.381 e. The molecule has 0 aliphatic heterocycles. The summed E-state index contributed by atoms with van der Waals surface area (Å²) in [5, 5.41) is 21.0. The number of ketones is 2. The zero-order chi connectivity index (χ0) is 15.2. The van der Waals surface area contributed by atoms with Crippen LogP contribution in [0.5, 0.6) is 0 Å². The van der Waals surface area contributed by atoms with E-state index in [1.165, 1.54) is 24.3 Å². The van der Waals surface area contributed by atoms with Crippen LogP contribution >= 0.6 is 15.9 Å². The number of hydrogen-bond acceptors (Lipinski definition) is 4. The Hall–Kier alpha value is -1.82. The molecule has 0 unspecified atom stereocenters. The van der Waals surface area contributed by atoms with Crippen LogP contribution in [-0.4, -0.2) is 27.9 Å². The van der Waals surface area contributed by atoms with Crippen LogP contribution in [0.4, 0.5) is 0 Å². The molecule has 0 spiro atoms. The minimum absolute atomic E-state index is 0.123. The molecule has 2 N–H and O–H groups in total. The van der Waals surface area contributed by atoms with Crippen LogP contribution < -0.4 is 0 Å². The summed E-state index contributed by atoms with van der Waals surface area (Å²) >= 11 is 3.26. The summed E-state index contributed by atoms with van der Waals surface area (Å²) in [6.07, 6.45) is -1.82. The number of hydrogen-bond donors (Lipinski definition) is 2. The molecule has 1 aliphatic carbocycles. The lowest BCUT2D eigenvalue weighted by molar-refractivity contribution is -0.0443. The Labute approximate surface area is 129 Å². The van der Waals surface area contributed by atoms with Crippen molar-refractivity contribution in [3.8, 4) is 0 Å². The fourth-order valence-electron chi connectivity index (χ4n) is 2.56. The van der Waals surface area contributed by atoms with E-state index in [4.69, 9.17) is 0 Å². The maximum atomic E-state index is 12.6. The first-order valence-electron chi connectivity index (χ1n) is 6.31. The van der Waals surface area contributed by atoms with Crippen molar-refractivity contribution in [2.24, 2.45) is 0 Å². The van der Waals surface area contributed by atoms with Gasteiger partial charge in [-0.05, 0) is 17.7 Å². The summed E-state index contributed by atoms with van der Waals surface area (Å²) in [7, 11) is 0. The lowest BCUT2D eigenvalue weighted by atomic mass is 9.73. The standard InChI is InChI=1S/C16H11BrO4/c17-10-7-5-9(6-8-10)16(21)14(19)12-4-2-1-3-11(12)13(18)15(16)20/h1-8,15,20-21H/t15-,16+/m0/s1. The van der Waals surface area contributed by atoms with Gasteiger partial charge in [-0.1, -0.05) is 52.3 Å². The smallest absolute Gasteiger partial charge is 0.202 e. The van der Waals surface area contributed by atoms with E-state index in [2.05, 4.69) is 15.9 Å². The normalized spacial score (nSPS) is 24.8. The van der Waals surface area contributed by atoms with Gasteiger partial charge < -0.3 is 10.2 Å². The topological polar surface area (TPSA) is 74.6 Å². The third-order valence-corrected chi connectivity index (χ3v) is 4.24. The number of halogens is 1. The molecule has 2 aromatic carbocycles. The first-order valence-corrected chi connectivity index (χ1v) is 7.10. The average molecular weight is 347 g/mol. The summed E-state index contributed by atoms with van der Waals surface area (Å²) in [6.45, 7) is 0. The molecular formula is C16H11BrO4. The van der Waals surface area contributed by atoms with Gasteiger partial charge in [0.2, 0.25) is 5.78 Å². The Bertz CT molecular complexity index is 738. The van der Waals surface area contributed by atoms with Gasteiger partial charge in [0, 0.05) is 15.6 Å². The second-order valence-corrected chi connectivity index (χ2v) is 5.83. The van der Waals surface area contributed by atoms with Crippen molar-refractivity contribution in [3.63, 3.8) is 0 Å². The highest BCUT2D eigenvalue weighted by atomic mass is 79.9. The van der Waals surface area contributed by atoms with Gasteiger partial charge in [-0.25, -0.2) is 0 Å². The van der Waals surface area contributed by atoms with Crippen LogP contribution in [0.2, 0.25) is 0 Å². The van der Waals surface area contributed by atoms with Gasteiger partial charge in [0.1, 0.15) is 0 Å². The molecule has 0 aromatic heterocycles. The van der Waals surface area contributed by atoms with E-state index in [1.54, 1.807) is 24.3 Å². The third-order valence-electron chi connectivity index (χ3n) is 3.71. The number of fused-ring (bicyclic) bond motifs is 1. The zero-order valence-corrected chi connectivity index (χ0v) is 12.4. The van der Waals surface area contributed by atoms with E-state index in [1.807, 2.05) is 0 Å². The Morgan fingerprint density at radius 3 is 2.14 bits per heavy atom. The molecule has 106 valence electrons. The van der Waals surface area contributed by atoms with Crippen LogP contribution in [0.1, 0.15) is 26.3 Å². The number of carbonyl (C=O) groups is 2. The van der Waals surface area contributed by atoms with Crippen molar-refractivity contribution in [3.05, 3.63) is 69.7 Å². The molecule has 0 fully saturated rings. The average Bonchev–Trinajstić information content (AvgIpc) is 2.51. The number of aliphatic hydroxyl groups is 2. The van der Waals surface area contributed by atoms with E-state index < -0.39 is 23.3 Å². The van der Waals surface area contributed by atoms with Crippen molar-refractivity contribution < 1.29 is 19.8 Å². The summed E-state index contributed by atoms with van der Waals surface area (Å²) in [6, 6.07) is 12.5. The Kier molecular flexibility index (Phi) is 3.28. The SMILES string of the molecule is O=C1c2ccccc2C(=O)[C@](O)(c2ccc(Br)cc2)[C@H]1O. The predicted octanol–water partition coefficient (Wildman–Crippen LogP) is 2.08. The van der Waals surface area contributed by atoms with E-state index >= 15 is 0 Å². The summed E-state index contributed by atoms with van der Waals surface area (Å²) < 4.78 is 0.763. The summed E-state index contributed by atoms with van der Waals surface area (Å²) in [4.78, 5) is 24.9. The molecule has 2 atom stereocenters. The number of carbonyl (C=O) groups excluding carboxylic acids is 2. The third kappa shape index (κ3) is 1.97. The van der Waals surface area contributed by atoms with Crippen LogP contribution in [0, 0.1) is 0 Å². The van der Waals surface area contributed by atoms with Crippen molar-refractivity contribution >= 4 is 27.5 Å². The maximum Gasteiger partial charge on any atom is 0.202 e. The molecule has 0 amide bonds. The summed E-state index contributed by atoms with van der Waals surface area (Å²) in [5.74, 6) is -1.33. The lowest BCUT2D eigenvalue weighted by Crippen LogP contribution is -2.54. The van der Waals surface area contributed by atoms with Gasteiger partial charge in [-0.2, -0.15) is 0 Å². The quantitative estimate of drug-likeness (QED) is 0.828. The monoisotopic (exact) mass is 346 g/mol. The highest BCUT2D eigenvalue weighted by Crippen LogP contribution is 2.37. The molecule has 5 heteroatoms. The van der Waals surface area contributed by atoms with Gasteiger partial charge in [0.25, 0.3) is 0 Å². The second-order valence-electron chi connectivity index (χ2n) is 4.91. The van der Waals surface area contributed by atoms with Crippen LogP contribution in [0.25, 0.3) is 0 Å². The Morgan fingerprint density at radius 2 is 1.52 bits per heavy atom. The molecule has 1 aliphatic rings. The fraction of sp³-hybridized carbons (Fsp3) is 0.125. The van der Waals surface area contributed by atoms with Crippen molar-refractivity contribution in [2.45, 2.75) is 11.7 Å². The zero-order valence-electron chi connectivity index (χ0n) is 10.8. The number of Topliss-reactive ketones (excluding diaryl/α,β-unsaturated/α-hetero) is 2. The van der Waals surface area contributed by atoms with Gasteiger partial charge in [-0.15, -0.1) is 0 Å². The molecule has 21 heavy (non-hydrogen) atoms. The number of benzene rings is 2. The molecule has 4 nitrogen and oxygen atoms in total. The highest BCUT2D eigenvalue weighted by molar-refractivity contribution is 9.10. The van der Waals surface area contributed by atoms with Crippen molar-refractivity contribution in [1.29, 1.82) is 0 Å². The molecule has 3 rings (SSSR count). The highest BCUT2D eigenvalue weighted by Gasteiger charge is 2.53. The van der Waals surface area contributed by atoms with Crippen molar-refractivity contribution in [1.82, 2.24) is 0 Å². The van der Waals surface area contributed by atoms with E-state index in [-0.39, 0.29) is 16.7 Å². The van der Waals surface area contributed by atoms with E-state index in [9.17, 15) is 19.8 Å². The van der Waals surface area contributed by atoms with Crippen LogP contribution in [-0.2, 0) is 5.60 Å². The molecule has 2 aromatic rings. The molecule has 0 heterocycles. The first kappa shape index (κ1) is 14.1. The van der Waals surface area contributed by atoms with E-state index in [0.717, 1.165) is 4.47 Å². The van der Waals surface area contributed by atoms with Gasteiger partial charge in [-0.3, -0.25) is 9.59 Å². The fourth-order valence-corrected chi connectivity index (χ4v) is 2.82.